The van der Waals surface area contributed by atoms with Gasteiger partial charge in [0, 0.05) is 25.7 Å². The Labute approximate surface area is 128 Å². The minimum atomic E-state index is 0.770. The van der Waals surface area contributed by atoms with Crippen molar-refractivity contribution in [3.8, 4) is 5.75 Å². The van der Waals surface area contributed by atoms with Crippen LogP contribution in [-0.2, 0) is 6.54 Å². The highest BCUT2D eigenvalue weighted by Gasteiger charge is 2.20. The molecular weight excluding hydrogens is 260 g/mol. The van der Waals surface area contributed by atoms with Gasteiger partial charge >= 0.3 is 0 Å². The predicted molar refractivity (Wildman–Crippen MR) is 86.6 cm³/mol. The Balaban J connectivity index is 1.32. The van der Waals surface area contributed by atoms with E-state index in [-0.39, 0.29) is 0 Å². The molecule has 2 aliphatic carbocycles. The monoisotopic (exact) mass is 288 g/mol. The number of rotatable bonds is 9. The molecule has 0 atom stereocenters. The second-order valence-corrected chi connectivity index (χ2v) is 6.71. The Hall–Kier alpha value is -1.06. The van der Waals surface area contributed by atoms with Crippen molar-refractivity contribution in [1.82, 2.24) is 10.2 Å². The summed E-state index contributed by atoms with van der Waals surface area (Å²) in [4.78, 5) is 2.40. The Morgan fingerprint density at radius 1 is 1.14 bits per heavy atom. The smallest absolute Gasteiger partial charge is 0.119 e. The zero-order valence-electron chi connectivity index (χ0n) is 13.2. The molecule has 2 aliphatic rings. The average molecular weight is 288 g/mol. The summed E-state index contributed by atoms with van der Waals surface area (Å²) in [5, 5.41) is 3.53. The maximum atomic E-state index is 5.84. The van der Waals surface area contributed by atoms with E-state index in [0.29, 0.717) is 0 Å². The molecule has 0 unspecified atom stereocenters. The van der Waals surface area contributed by atoms with Gasteiger partial charge < -0.3 is 15.0 Å². The Morgan fingerprint density at radius 2 is 1.90 bits per heavy atom. The van der Waals surface area contributed by atoms with E-state index in [9.17, 15) is 0 Å². The quantitative estimate of drug-likeness (QED) is 0.756. The van der Waals surface area contributed by atoms with Gasteiger partial charge in [0.05, 0.1) is 0 Å². The first-order valence-corrected chi connectivity index (χ1v) is 8.43. The SMILES string of the molecule is CN(CCOc1ccc(CNC2CC2)cc1)CC1CCC1. The topological polar surface area (TPSA) is 24.5 Å². The fraction of sp³-hybridized carbons (Fsp3) is 0.667. The minimum Gasteiger partial charge on any atom is -0.492 e. The maximum absolute atomic E-state index is 5.84. The van der Waals surface area contributed by atoms with Gasteiger partial charge in [-0.25, -0.2) is 0 Å². The fourth-order valence-electron chi connectivity index (χ4n) is 2.78. The summed E-state index contributed by atoms with van der Waals surface area (Å²) in [6.07, 6.45) is 6.95. The van der Waals surface area contributed by atoms with Gasteiger partial charge in [0.1, 0.15) is 12.4 Å². The molecule has 0 bridgehead atoms. The zero-order valence-corrected chi connectivity index (χ0v) is 13.2. The van der Waals surface area contributed by atoms with Crippen molar-refractivity contribution in [2.75, 3.05) is 26.7 Å². The van der Waals surface area contributed by atoms with Crippen LogP contribution in [0.2, 0.25) is 0 Å². The first-order valence-electron chi connectivity index (χ1n) is 8.43. The van der Waals surface area contributed by atoms with E-state index in [4.69, 9.17) is 4.74 Å². The van der Waals surface area contributed by atoms with E-state index in [1.54, 1.807) is 0 Å². The lowest BCUT2D eigenvalue weighted by atomic mass is 9.85. The third-order valence-corrected chi connectivity index (χ3v) is 4.63. The molecule has 3 heteroatoms. The molecule has 0 amide bonds. The Kier molecular flexibility index (Phi) is 5.15. The highest BCUT2D eigenvalue weighted by atomic mass is 16.5. The summed E-state index contributed by atoms with van der Waals surface area (Å²) < 4.78 is 5.84. The number of hydrogen-bond donors (Lipinski definition) is 1. The average Bonchev–Trinajstić information content (AvgIpc) is 3.26. The second kappa shape index (κ2) is 7.28. The number of likely N-dealkylation sites (N-methyl/N-ethyl adjacent to an activating group) is 1. The second-order valence-electron chi connectivity index (χ2n) is 6.71. The summed E-state index contributed by atoms with van der Waals surface area (Å²) in [6.45, 7) is 4.01. The molecule has 2 saturated carbocycles. The Bertz CT molecular complexity index is 423. The molecule has 1 aromatic carbocycles. The lowest BCUT2D eigenvalue weighted by molar-refractivity contribution is 0.177. The van der Waals surface area contributed by atoms with Crippen LogP contribution in [0, 0.1) is 5.92 Å². The number of ether oxygens (including phenoxy) is 1. The van der Waals surface area contributed by atoms with Gasteiger partial charge in [-0.2, -0.15) is 0 Å². The molecule has 2 fully saturated rings. The van der Waals surface area contributed by atoms with Gasteiger partial charge in [0.15, 0.2) is 0 Å². The fourth-order valence-corrected chi connectivity index (χ4v) is 2.78. The van der Waals surface area contributed by atoms with Crippen LogP contribution in [0.4, 0.5) is 0 Å². The van der Waals surface area contributed by atoms with Crippen molar-refractivity contribution in [1.29, 1.82) is 0 Å². The first kappa shape index (κ1) is 14.9. The van der Waals surface area contributed by atoms with Crippen LogP contribution in [0.3, 0.4) is 0 Å². The molecular formula is C18H28N2O. The van der Waals surface area contributed by atoms with Crippen molar-refractivity contribution < 1.29 is 4.74 Å². The van der Waals surface area contributed by atoms with Crippen molar-refractivity contribution in [2.45, 2.75) is 44.7 Å². The lowest BCUT2D eigenvalue weighted by Crippen LogP contribution is -2.32. The van der Waals surface area contributed by atoms with E-state index in [0.717, 1.165) is 37.4 Å². The van der Waals surface area contributed by atoms with Crippen LogP contribution >= 0.6 is 0 Å². The molecule has 1 N–H and O–H groups in total. The minimum absolute atomic E-state index is 0.770. The molecule has 0 spiro atoms. The van der Waals surface area contributed by atoms with Crippen LogP contribution in [0.15, 0.2) is 24.3 Å². The summed E-state index contributed by atoms with van der Waals surface area (Å²) in [7, 11) is 2.20. The molecule has 0 radical (unpaired) electrons. The molecule has 0 saturated heterocycles. The molecule has 0 aliphatic heterocycles. The zero-order chi connectivity index (χ0) is 14.5. The normalized spacial score (nSPS) is 18.8. The van der Waals surface area contributed by atoms with Crippen LogP contribution in [0.5, 0.6) is 5.75 Å². The van der Waals surface area contributed by atoms with Gasteiger partial charge in [-0.15, -0.1) is 0 Å². The van der Waals surface area contributed by atoms with E-state index >= 15 is 0 Å². The predicted octanol–water partition coefficient (Wildman–Crippen LogP) is 3.05. The van der Waals surface area contributed by atoms with Gasteiger partial charge in [-0.3, -0.25) is 0 Å². The highest BCUT2D eigenvalue weighted by Crippen LogP contribution is 2.26. The molecule has 116 valence electrons. The van der Waals surface area contributed by atoms with Crippen LogP contribution in [0.25, 0.3) is 0 Å². The van der Waals surface area contributed by atoms with E-state index in [2.05, 4.69) is 41.5 Å². The number of benzene rings is 1. The maximum Gasteiger partial charge on any atom is 0.119 e. The summed E-state index contributed by atoms with van der Waals surface area (Å²) >= 11 is 0. The molecule has 0 aromatic heterocycles. The highest BCUT2D eigenvalue weighted by molar-refractivity contribution is 5.27. The number of nitrogens with one attached hydrogen (secondary N) is 1. The lowest BCUT2D eigenvalue weighted by Gasteiger charge is -2.30. The van der Waals surface area contributed by atoms with Gasteiger partial charge in [0.2, 0.25) is 0 Å². The third kappa shape index (κ3) is 5.01. The molecule has 3 nitrogen and oxygen atoms in total. The van der Waals surface area contributed by atoms with Gasteiger partial charge in [-0.1, -0.05) is 18.6 Å². The van der Waals surface area contributed by atoms with Crippen LogP contribution in [0.1, 0.15) is 37.7 Å². The van der Waals surface area contributed by atoms with E-state index in [1.165, 1.54) is 44.2 Å². The molecule has 0 heterocycles. The Morgan fingerprint density at radius 3 is 2.52 bits per heavy atom. The summed E-state index contributed by atoms with van der Waals surface area (Å²) in [5.41, 5.74) is 1.34. The van der Waals surface area contributed by atoms with Crippen LogP contribution in [-0.4, -0.2) is 37.7 Å². The third-order valence-electron chi connectivity index (χ3n) is 4.63. The van der Waals surface area contributed by atoms with E-state index < -0.39 is 0 Å². The number of nitrogens with zero attached hydrogens (tertiary/aromatic N) is 1. The standard InChI is InChI=1S/C18H28N2O/c1-20(14-16-3-2-4-16)11-12-21-18-9-5-15(6-10-18)13-19-17-7-8-17/h5-6,9-10,16-17,19H,2-4,7-8,11-14H2,1H3. The van der Waals surface area contributed by atoms with Crippen molar-refractivity contribution >= 4 is 0 Å². The van der Waals surface area contributed by atoms with Gasteiger partial charge in [0.25, 0.3) is 0 Å². The molecule has 1 aromatic rings. The van der Waals surface area contributed by atoms with Gasteiger partial charge in [-0.05, 0) is 56.3 Å². The first-order chi connectivity index (χ1) is 10.3. The van der Waals surface area contributed by atoms with Crippen molar-refractivity contribution in [2.24, 2.45) is 5.92 Å². The number of hydrogen-bond acceptors (Lipinski definition) is 3. The molecule has 3 rings (SSSR count). The van der Waals surface area contributed by atoms with Crippen molar-refractivity contribution in [3.63, 3.8) is 0 Å². The largest absolute Gasteiger partial charge is 0.492 e. The van der Waals surface area contributed by atoms with Crippen molar-refractivity contribution in [3.05, 3.63) is 29.8 Å². The summed E-state index contributed by atoms with van der Waals surface area (Å²) in [5.74, 6) is 1.93. The van der Waals surface area contributed by atoms with E-state index in [1.807, 2.05) is 0 Å². The van der Waals surface area contributed by atoms with Crippen LogP contribution < -0.4 is 10.1 Å². The molecule has 21 heavy (non-hydrogen) atoms. The summed E-state index contributed by atoms with van der Waals surface area (Å²) in [6, 6.07) is 9.30.